The van der Waals surface area contributed by atoms with Gasteiger partial charge in [0.05, 0.1) is 0 Å². The second-order valence-corrected chi connectivity index (χ2v) is 14.7. The molecule has 0 heterocycles. The van der Waals surface area contributed by atoms with E-state index in [1.54, 1.807) is 0 Å². The second-order valence-electron chi connectivity index (χ2n) is 10.4. The quantitative estimate of drug-likeness (QED) is 0.146. The molecule has 0 aliphatic heterocycles. The molecule has 6 aromatic carbocycles. The van der Waals surface area contributed by atoms with Crippen molar-refractivity contribution >= 4 is 47.7 Å². The smallest absolute Gasteiger partial charge is 0.138 e. The van der Waals surface area contributed by atoms with Crippen molar-refractivity contribution in [3.05, 3.63) is 169 Å². The molecule has 0 unspecified atom stereocenters. The zero-order valence-electron chi connectivity index (χ0n) is 24.7. The molecule has 6 rings (SSSR count). The van der Waals surface area contributed by atoms with Gasteiger partial charge in [-0.3, -0.25) is 0 Å². The molecule has 3 heteroatoms. The minimum atomic E-state index is -0.831. The van der Waals surface area contributed by atoms with Gasteiger partial charge >= 0.3 is 0 Å². The van der Waals surface area contributed by atoms with Gasteiger partial charge in [-0.1, -0.05) is 172 Å². The summed E-state index contributed by atoms with van der Waals surface area (Å²) in [5.74, 6) is 2.00. The van der Waals surface area contributed by atoms with E-state index < -0.39 is 15.8 Å². The van der Waals surface area contributed by atoms with Crippen LogP contribution in [0.4, 0.5) is 0 Å². The van der Waals surface area contributed by atoms with Gasteiger partial charge in [-0.2, -0.15) is 0 Å². The summed E-state index contributed by atoms with van der Waals surface area (Å²) in [6.45, 7) is 4.46. The highest BCUT2D eigenvalue weighted by Gasteiger charge is 2.26. The highest BCUT2D eigenvalue weighted by Crippen LogP contribution is 2.43. The summed E-state index contributed by atoms with van der Waals surface area (Å²) in [6.07, 6.45) is 1.79. The van der Waals surface area contributed by atoms with Gasteiger partial charge in [0.1, 0.15) is 11.5 Å². The van der Waals surface area contributed by atoms with Gasteiger partial charge in [0, 0.05) is 10.6 Å². The number of aryl methyl sites for hydroxylation is 2. The Labute approximate surface area is 258 Å². The lowest BCUT2D eigenvalue weighted by atomic mass is 10.1. The maximum absolute atomic E-state index is 7.37. The molecule has 0 radical (unpaired) electrons. The lowest BCUT2D eigenvalue weighted by Crippen LogP contribution is -2.25. The molecule has 0 atom stereocenters. The van der Waals surface area contributed by atoms with Gasteiger partial charge in [-0.25, -0.2) is 0 Å². The van der Waals surface area contributed by atoms with Crippen molar-refractivity contribution in [3.8, 4) is 11.5 Å². The van der Waals surface area contributed by atoms with Crippen molar-refractivity contribution in [2.45, 2.75) is 26.7 Å². The zero-order valence-corrected chi connectivity index (χ0v) is 26.5. The lowest BCUT2D eigenvalue weighted by Gasteiger charge is -2.27. The van der Waals surface area contributed by atoms with Crippen LogP contribution < -0.4 is 36.6 Å². The summed E-state index contributed by atoms with van der Waals surface area (Å²) in [5.41, 5.74) is 2.47. The fraction of sp³-hybridized carbons (Fsp3) is 0.100. The van der Waals surface area contributed by atoms with Crippen molar-refractivity contribution in [1.29, 1.82) is 0 Å². The number of hydrogen-bond acceptors (Lipinski definition) is 1. The van der Waals surface area contributed by atoms with Crippen LogP contribution in [-0.4, -0.2) is 0 Å². The Morgan fingerprint density at radius 3 is 0.953 bits per heavy atom. The van der Waals surface area contributed by atoms with Gasteiger partial charge in [-0.15, -0.1) is 0 Å². The minimum Gasteiger partial charge on any atom is -0.455 e. The molecule has 0 amide bonds. The summed E-state index contributed by atoms with van der Waals surface area (Å²) in [7, 11) is -1.66. The van der Waals surface area contributed by atoms with Crippen LogP contribution in [0.5, 0.6) is 11.5 Å². The molecule has 0 aliphatic carbocycles. The third-order valence-electron chi connectivity index (χ3n) is 7.66. The minimum absolute atomic E-state index is 0.831. The average Bonchev–Trinajstić information content (AvgIpc) is 3.08. The molecule has 0 saturated heterocycles. The van der Waals surface area contributed by atoms with Crippen molar-refractivity contribution in [2.75, 3.05) is 0 Å². The Morgan fingerprint density at radius 1 is 0.372 bits per heavy atom. The van der Waals surface area contributed by atoms with Crippen LogP contribution in [0.2, 0.25) is 0 Å². The summed E-state index contributed by atoms with van der Waals surface area (Å²) in [5, 5.41) is 7.80. The second kappa shape index (κ2) is 14.0. The molecule has 0 spiro atoms. The maximum atomic E-state index is 7.37. The SMILES string of the molecule is CCc1cccc(P(c2ccccc2)c2ccccc2)c1Oc1c(CC)cccc1P(c1ccccc1)c1ccccc1. The summed E-state index contributed by atoms with van der Waals surface area (Å²) in [4.78, 5) is 0. The molecule has 43 heavy (non-hydrogen) atoms. The Hall–Kier alpha value is -4.02. The number of benzene rings is 6. The molecule has 0 fully saturated rings. The van der Waals surface area contributed by atoms with Crippen LogP contribution in [0.3, 0.4) is 0 Å². The van der Waals surface area contributed by atoms with E-state index in [4.69, 9.17) is 4.74 Å². The van der Waals surface area contributed by atoms with E-state index in [0.717, 1.165) is 24.3 Å². The fourth-order valence-corrected chi connectivity index (χ4v) is 10.4. The van der Waals surface area contributed by atoms with Crippen LogP contribution in [0.25, 0.3) is 0 Å². The molecule has 1 nitrogen and oxygen atoms in total. The Kier molecular flexibility index (Phi) is 9.44. The highest BCUT2D eigenvalue weighted by atomic mass is 31.1. The Balaban J connectivity index is 1.57. The monoisotopic (exact) mass is 594 g/mol. The number of para-hydroxylation sites is 2. The normalized spacial score (nSPS) is 11.2. The van der Waals surface area contributed by atoms with E-state index in [-0.39, 0.29) is 0 Å². The predicted octanol–water partition coefficient (Wildman–Crippen LogP) is 8.12. The summed E-state index contributed by atoms with van der Waals surface area (Å²) >= 11 is 0. The average molecular weight is 595 g/mol. The van der Waals surface area contributed by atoms with Crippen molar-refractivity contribution < 1.29 is 4.74 Å². The Bertz CT molecular complexity index is 1540. The molecule has 6 aromatic rings. The molecule has 0 bridgehead atoms. The first-order valence-electron chi connectivity index (χ1n) is 15.0. The van der Waals surface area contributed by atoms with Crippen molar-refractivity contribution in [2.24, 2.45) is 0 Å². The summed E-state index contributed by atoms with van der Waals surface area (Å²) in [6, 6.07) is 57.1. The highest BCUT2D eigenvalue weighted by molar-refractivity contribution is 7.80. The molecular weight excluding hydrogens is 558 g/mol. The third kappa shape index (κ3) is 6.35. The van der Waals surface area contributed by atoms with E-state index >= 15 is 0 Å². The van der Waals surface area contributed by atoms with E-state index in [0.29, 0.717) is 0 Å². The van der Waals surface area contributed by atoms with Crippen LogP contribution in [-0.2, 0) is 12.8 Å². The molecular formula is C40H36OP2. The first-order chi connectivity index (χ1) is 21.3. The van der Waals surface area contributed by atoms with Crippen molar-refractivity contribution in [1.82, 2.24) is 0 Å². The molecule has 212 valence electrons. The van der Waals surface area contributed by atoms with Gasteiger partial charge in [0.15, 0.2) is 0 Å². The molecule has 0 aromatic heterocycles. The van der Waals surface area contributed by atoms with E-state index in [2.05, 4.69) is 172 Å². The number of hydrogen-bond donors (Lipinski definition) is 0. The van der Waals surface area contributed by atoms with Crippen LogP contribution >= 0.6 is 15.8 Å². The predicted molar refractivity (Wildman–Crippen MR) is 189 cm³/mol. The molecule has 0 N–H and O–H groups in total. The number of rotatable bonds is 10. The number of ether oxygens (including phenoxy) is 1. The molecule has 0 aliphatic rings. The Morgan fingerprint density at radius 2 is 0.674 bits per heavy atom. The van der Waals surface area contributed by atoms with Crippen LogP contribution in [0, 0.1) is 0 Å². The summed E-state index contributed by atoms with van der Waals surface area (Å²) < 4.78 is 7.37. The third-order valence-corrected chi connectivity index (χ3v) is 12.6. The standard InChI is InChI=1S/C40H36OP2/c1-3-31-19-17-29-37(42(33-21-9-5-10-22-33)34-23-11-6-12-24-34)39(31)41-40-32(4-2)20-18-30-38(40)43(35-25-13-7-14-26-35)36-27-15-8-16-28-36/h5-30H,3-4H2,1-2H3. The first-order valence-corrected chi connectivity index (χ1v) is 17.7. The van der Waals surface area contributed by atoms with Crippen molar-refractivity contribution in [3.63, 3.8) is 0 Å². The fourth-order valence-electron chi connectivity index (χ4n) is 5.55. The van der Waals surface area contributed by atoms with Gasteiger partial charge < -0.3 is 4.74 Å². The zero-order chi connectivity index (χ0) is 29.4. The largest absolute Gasteiger partial charge is 0.455 e. The van der Waals surface area contributed by atoms with Crippen LogP contribution in [0.1, 0.15) is 25.0 Å². The molecule has 0 saturated carbocycles. The lowest BCUT2D eigenvalue weighted by molar-refractivity contribution is 0.479. The van der Waals surface area contributed by atoms with Gasteiger partial charge in [-0.05, 0) is 61.0 Å². The van der Waals surface area contributed by atoms with Crippen LogP contribution in [0.15, 0.2) is 158 Å². The van der Waals surface area contributed by atoms with Gasteiger partial charge in [0.2, 0.25) is 0 Å². The van der Waals surface area contributed by atoms with E-state index in [9.17, 15) is 0 Å². The topological polar surface area (TPSA) is 9.23 Å². The van der Waals surface area contributed by atoms with E-state index in [1.165, 1.54) is 43.0 Å². The van der Waals surface area contributed by atoms with Gasteiger partial charge in [0.25, 0.3) is 0 Å². The van der Waals surface area contributed by atoms with E-state index in [1.807, 2.05) is 0 Å². The first kappa shape index (κ1) is 29.1. The maximum Gasteiger partial charge on any atom is 0.138 e.